The van der Waals surface area contributed by atoms with Crippen molar-refractivity contribution in [2.24, 2.45) is 0 Å². The highest BCUT2D eigenvalue weighted by Crippen LogP contribution is 2.25. The predicted molar refractivity (Wildman–Crippen MR) is 72.3 cm³/mol. The van der Waals surface area contributed by atoms with Crippen molar-refractivity contribution in [1.82, 2.24) is 4.90 Å². The maximum absolute atomic E-state index is 12.4. The predicted octanol–water partition coefficient (Wildman–Crippen LogP) is 2.38. The van der Waals surface area contributed by atoms with Gasteiger partial charge in [-0.2, -0.15) is 8.78 Å². The van der Waals surface area contributed by atoms with Crippen molar-refractivity contribution >= 4 is 11.6 Å². The number of methoxy groups -OCH3 is 1. The molecule has 0 aromatic heterocycles. The van der Waals surface area contributed by atoms with Crippen LogP contribution >= 0.6 is 11.6 Å². The highest BCUT2D eigenvalue weighted by Gasteiger charge is 2.13. The maximum Gasteiger partial charge on any atom is 0.387 e. The Labute approximate surface area is 121 Å². The Morgan fingerprint density at radius 3 is 2.70 bits per heavy atom. The summed E-state index contributed by atoms with van der Waals surface area (Å²) in [7, 11) is 1.57. The molecule has 0 saturated carbocycles. The van der Waals surface area contributed by atoms with Gasteiger partial charge in [-0.1, -0.05) is 11.6 Å². The molecule has 0 saturated heterocycles. The summed E-state index contributed by atoms with van der Waals surface area (Å²) in [5, 5.41) is 9.47. The van der Waals surface area contributed by atoms with Crippen molar-refractivity contribution in [1.29, 1.82) is 0 Å². The number of aliphatic hydroxyl groups excluding tert-OH is 1. The number of halogens is 3. The first-order valence-electron chi connectivity index (χ1n) is 6.12. The van der Waals surface area contributed by atoms with E-state index in [0.717, 1.165) is 0 Å². The first-order valence-corrected chi connectivity index (χ1v) is 6.50. The van der Waals surface area contributed by atoms with Crippen molar-refractivity contribution in [2.45, 2.75) is 13.2 Å². The van der Waals surface area contributed by atoms with Crippen LogP contribution in [0.25, 0.3) is 0 Å². The molecule has 1 rings (SSSR count). The largest absolute Gasteiger partial charge is 0.434 e. The van der Waals surface area contributed by atoms with Gasteiger partial charge in [-0.25, -0.2) is 0 Å². The Bertz CT molecular complexity index is 407. The molecule has 0 spiro atoms. The average Bonchev–Trinajstić information content (AvgIpc) is 2.39. The van der Waals surface area contributed by atoms with Crippen LogP contribution in [-0.4, -0.2) is 50.0 Å². The highest BCUT2D eigenvalue weighted by atomic mass is 35.5. The number of aliphatic hydroxyl groups is 1. The minimum absolute atomic E-state index is 0.0324. The van der Waals surface area contributed by atoms with E-state index in [1.54, 1.807) is 13.2 Å². The Morgan fingerprint density at radius 1 is 1.35 bits per heavy atom. The molecule has 0 aliphatic carbocycles. The molecule has 0 bridgehead atoms. The Kier molecular flexibility index (Phi) is 7.76. The highest BCUT2D eigenvalue weighted by molar-refractivity contribution is 6.30. The third-order valence-electron chi connectivity index (χ3n) is 2.66. The fourth-order valence-electron chi connectivity index (χ4n) is 1.76. The van der Waals surface area contributed by atoms with Crippen molar-refractivity contribution < 1.29 is 23.4 Å². The third kappa shape index (κ3) is 6.00. The molecule has 0 fully saturated rings. The van der Waals surface area contributed by atoms with Gasteiger partial charge in [-0.3, -0.25) is 4.90 Å². The van der Waals surface area contributed by atoms with E-state index in [9.17, 15) is 8.78 Å². The van der Waals surface area contributed by atoms with Crippen LogP contribution in [0.4, 0.5) is 8.78 Å². The van der Waals surface area contributed by atoms with Gasteiger partial charge in [0, 0.05) is 37.3 Å². The summed E-state index contributed by atoms with van der Waals surface area (Å²) in [5.74, 6) is 0.0877. The van der Waals surface area contributed by atoms with E-state index in [1.807, 2.05) is 4.90 Å². The fourth-order valence-corrected chi connectivity index (χ4v) is 1.95. The summed E-state index contributed by atoms with van der Waals surface area (Å²) in [5.41, 5.74) is 0.544. The molecule has 1 aromatic rings. The fraction of sp³-hybridized carbons (Fsp3) is 0.538. The first-order chi connectivity index (χ1) is 9.56. The second-order valence-electron chi connectivity index (χ2n) is 4.12. The van der Waals surface area contributed by atoms with Gasteiger partial charge in [0.2, 0.25) is 0 Å². The van der Waals surface area contributed by atoms with Crippen LogP contribution < -0.4 is 4.74 Å². The van der Waals surface area contributed by atoms with Crippen LogP contribution in [-0.2, 0) is 11.3 Å². The number of alkyl halides is 2. The number of nitrogens with zero attached hydrogens (tertiary/aromatic N) is 1. The van der Waals surface area contributed by atoms with E-state index >= 15 is 0 Å². The van der Waals surface area contributed by atoms with Gasteiger partial charge in [0.15, 0.2) is 0 Å². The first kappa shape index (κ1) is 17.1. The number of rotatable bonds is 9. The lowest BCUT2D eigenvalue weighted by Crippen LogP contribution is -2.30. The lowest BCUT2D eigenvalue weighted by molar-refractivity contribution is -0.0508. The summed E-state index contributed by atoms with van der Waals surface area (Å²) in [4.78, 5) is 1.87. The molecule has 0 atom stereocenters. The summed E-state index contributed by atoms with van der Waals surface area (Å²) >= 11 is 5.88. The zero-order chi connectivity index (χ0) is 15.0. The molecule has 0 aliphatic heterocycles. The Balaban J connectivity index is 2.82. The van der Waals surface area contributed by atoms with Crippen molar-refractivity contribution in [3.63, 3.8) is 0 Å². The Hall–Kier alpha value is -0.950. The SMILES string of the molecule is COCCN(CCO)Cc1cc(Cl)ccc1OC(F)F. The van der Waals surface area contributed by atoms with E-state index in [1.165, 1.54) is 12.1 Å². The van der Waals surface area contributed by atoms with E-state index in [-0.39, 0.29) is 12.4 Å². The quantitative estimate of drug-likeness (QED) is 0.760. The summed E-state index contributed by atoms with van der Waals surface area (Å²) in [6.45, 7) is -1.13. The lowest BCUT2D eigenvalue weighted by atomic mass is 10.2. The molecule has 20 heavy (non-hydrogen) atoms. The number of hydrogen-bond donors (Lipinski definition) is 1. The third-order valence-corrected chi connectivity index (χ3v) is 2.90. The standard InChI is InChI=1S/C13H18ClF2NO3/c1-19-7-5-17(4-6-18)9-10-8-11(14)2-3-12(10)20-13(15)16/h2-3,8,13,18H,4-7,9H2,1H3. The van der Waals surface area contributed by atoms with Crippen LogP contribution in [0.1, 0.15) is 5.56 Å². The molecule has 1 N–H and O–H groups in total. The molecule has 0 amide bonds. The van der Waals surface area contributed by atoms with Gasteiger partial charge < -0.3 is 14.6 Å². The van der Waals surface area contributed by atoms with E-state index < -0.39 is 6.61 Å². The number of hydrogen-bond acceptors (Lipinski definition) is 4. The number of ether oxygens (including phenoxy) is 2. The molecule has 0 unspecified atom stereocenters. The zero-order valence-electron chi connectivity index (χ0n) is 11.2. The zero-order valence-corrected chi connectivity index (χ0v) is 11.9. The van der Waals surface area contributed by atoms with E-state index in [2.05, 4.69) is 4.74 Å². The van der Waals surface area contributed by atoms with E-state index in [4.69, 9.17) is 21.4 Å². The molecule has 7 heteroatoms. The topological polar surface area (TPSA) is 41.9 Å². The van der Waals surface area contributed by atoms with Gasteiger partial charge in [0.05, 0.1) is 13.2 Å². The monoisotopic (exact) mass is 309 g/mol. The normalized spacial score (nSPS) is 11.3. The summed E-state index contributed by atoms with van der Waals surface area (Å²) in [6, 6.07) is 4.49. The molecular formula is C13H18ClF2NO3. The van der Waals surface area contributed by atoms with Crippen molar-refractivity contribution in [2.75, 3.05) is 33.4 Å². The van der Waals surface area contributed by atoms with Crippen LogP contribution in [0.2, 0.25) is 5.02 Å². The lowest BCUT2D eigenvalue weighted by Gasteiger charge is -2.22. The van der Waals surface area contributed by atoms with Gasteiger partial charge in [-0.05, 0) is 18.2 Å². The second-order valence-corrected chi connectivity index (χ2v) is 4.56. The van der Waals surface area contributed by atoms with Gasteiger partial charge in [-0.15, -0.1) is 0 Å². The van der Waals surface area contributed by atoms with Crippen LogP contribution in [0, 0.1) is 0 Å². The minimum Gasteiger partial charge on any atom is -0.434 e. The Morgan fingerprint density at radius 2 is 2.10 bits per heavy atom. The molecule has 1 aromatic carbocycles. The molecule has 0 heterocycles. The average molecular weight is 310 g/mol. The van der Waals surface area contributed by atoms with Crippen molar-refractivity contribution in [3.05, 3.63) is 28.8 Å². The minimum atomic E-state index is -2.89. The maximum atomic E-state index is 12.4. The van der Waals surface area contributed by atoms with Crippen molar-refractivity contribution in [3.8, 4) is 5.75 Å². The smallest absolute Gasteiger partial charge is 0.387 e. The molecule has 114 valence electrons. The van der Waals surface area contributed by atoms with Gasteiger partial charge >= 0.3 is 6.61 Å². The summed E-state index contributed by atoms with van der Waals surface area (Å²) in [6.07, 6.45) is 0. The molecule has 0 radical (unpaired) electrons. The second kappa shape index (κ2) is 9.07. The number of benzene rings is 1. The van der Waals surface area contributed by atoms with Gasteiger partial charge in [0.1, 0.15) is 5.75 Å². The van der Waals surface area contributed by atoms with Crippen LogP contribution in [0.15, 0.2) is 18.2 Å². The summed E-state index contributed by atoms with van der Waals surface area (Å²) < 4.78 is 34.2. The molecule has 0 aliphatic rings. The molecule has 4 nitrogen and oxygen atoms in total. The van der Waals surface area contributed by atoms with Gasteiger partial charge in [0.25, 0.3) is 0 Å². The van der Waals surface area contributed by atoms with Crippen LogP contribution in [0.3, 0.4) is 0 Å². The van der Waals surface area contributed by atoms with Crippen LogP contribution in [0.5, 0.6) is 5.75 Å². The van der Waals surface area contributed by atoms with E-state index in [0.29, 0.717) is 36.8 Å². The molecular weight excluding hydrogens is 292 g/mol.